The first kappa shape index (κ1) is 27.9. The van der Waals surface area contributed by atoms with Gasteiger partial charge in [0.05, 0.1) is 6.10 Å². The molecule has 0 saturated heterocycles. The van der Waals surface area contributed by atoms with Crippen molar-refractivity contribution < 1.29 is 14.3 Å². The summed E-state index contributed by atoms with van der Waals surface area (Å²) in [4.78, 5) is 16.8. The highest BCUT2D eigenvalue weighted by molar-refractivity contribution is 5.78. The Hall–Kier alpha value is -3.61. The minimum Gasteiger partial charge on any atom is -0.381 e. The van der Waals surface area contributed by atoms with E-state index in [4.69, 9.17) is 9.47 Å². The Morgan fingerprint density at radius 1 is 0.950 bits per heavy atom. The molecule has 3 aromatic carbocycles. The zero-order valence-electron chi connectivity index (χ0n) is 23.6. The van der Waals surface area contributed by atoms with Crippen LogP contribution in [0.25, 0.3) is 0 Å². The molecule has 5 rings (SSSR count). The largest absolute Gasteiger partial charge is 0.381 e. The van der Waals surface area contributed by atoms with Crippen LogP contribution in [0, 0.1) is 17.3 Å². The number of carbonyl (C=O) groups is 1. The van der Waals surface area contributed by atoms with Crippen molar-refractivity contribution >= 4 is 5.78 Å². The summed E-state index contributed by atoms with van der Waals surface area (Å²) in [5, 5.41) is 4.33. The first-order valence-electron chi connectivity index (χ1n) is 14.1. The predicted octanol–water partition coefficient (Wildman–Crippen LogP) is 6.31. The first-order chi connectivity index (χ1) is 19.5. The number of rotatable bonds is 11. The van der Waals surface area contributed by atoms with E-state index in [0.29, 0.717) is 13.2 Å². The van der Waals surface area contributed by atoms with Gasteiger partial charge in [0.15, 0.2) is 0 Å². The molecule has 1 saturated carbocycles. The Labute approximate surface area is 237 Å². The third-order valence-electron chi connectivity index (χ3n) is 8.79. The van der Waals surface area contributed by atoms with Gasteiger partial charge >= 0.3 is 0 Å². The summed E-state index contributed by atoms with van der Waals surface area (Å²) in [7, 11) is 1.77. The highest BCUT2D eigenvalue weighted by Gasteiger charge is 2.49. The number of ether oxygens (including phenoxy) is 2. The van der Waals surface area contributed by atoms with Gasteiger partial charge in [0.2, 0.25) is 0 Å². The van der Waals surface area contributed by atoms with Crippen LogP contribution in [-0.4, -0.2) is 40.4 Å². The molecule has 4 aromatic rings. The zero-order valence-corrected chi connectivity index (χ0v) is 23.6. The zero-order chi connectivity index (χ0) is 28.0. The van der Waals surface area contributed by atoms with Crippen LogP contribution < -0.4 is 0 Å². The first-order valence-corrected chi connectivity index (χ1v) is 14.1. The third-order valence-corrected chi connectivity index (χ3v) is 8.79. The monoisotopic (exact) mass is 537 g/mol. The molecule has 6 heteroatoms. The highest BCUT2D eigenvalue weighted by Crippen LogP contribution is 2.48. The highest BCUT2D eigenvalue weighted by atomic mass is 16.5. The van der Waals surface area contributed by atoms with Crippen molar-refractivity contribution in [2.24, 2.45) is 17.3 Å². The molecule has 1 heterocycles. The number of aromatic nitrogens is 3. The lowest BCUT2D eigenvalue weighted by Crippen LogP contribution is -2.51. The Morgan fingerprint density at radius 3 is 1.95 bits per heavy atom. The second kappa shape index (κ2) is 12.3. The Bertz CT molecular complexity index is 1250. The topological polar surface area (TPSA) is 66.2 Å². The second-order valence-electron chi connectivity index (χ2n) is 11.2. The van der Waals surface area contributed by atoms with Crippen LogP contribution in [0.1, 0.15) is 49.8 Å². The lowest BCUT2D eigenvalue weighted by Gasteiger charge is -2.48. The van der Waals surface area contributed by atoms with Crippen molar-refractivity contribution in [3.8, 4) is 0 Å². The summed E-state index contributed by atoms with van der Waals surface area (Å²) in [6.45, 7) is 5.10. The van der Waals surface area contributed by atoms with Crippen molar-refractivity contribution in [2.45, 2.75) is 51.4 Å². The molecule has 208 valence electrons. The van der Waals surface area contributed by atoms with Crippen LogP contribution in [0.2, 0.25) is 0 Å². The van der Waals surface area contributed by atoms with Gasteiger partial charge in [-0.05, 0) is 48.3 Å². The molecule has 1 fully saturated rings. The summed E-state index contributed by atoms with van der Waals surface area (Å²) in [6, 6.07) is 31.4. The van der Waals surface area contributed by atoms with Crippen LogP contribution in [0.4, 0.5) is 0 Å². The minimum absolute atomic E-state index is 0.00470. The van der Waals surface area contributed by atoms with E-state index < -0.39 is 5.60 Å². The van der Waals surface area contributed by atoms with Gasteiger partial charge in [-0.2, -0.15) is 5.10 Å². The maximum absolute atomic E-state index is 12.7. The fourth-order valence-corrected chi connectivity index (χ4v) is 6.77. The number of hydrogen-bond acceptors (Lipinski definition) is 5. The van der Waals surface area contributed by atoms with Gasteiger partial charge in [-0.1, -0.05) is 97.9 Å². The molecular formula is C34H39N3O3. The molecule has 4 atom stereocenters. The average molecular weight is 538 g/mol. The van der Waals surface area contributed by atoms with Gasteiger partial charge in [-0.15, -0.1) is 0 Å². The molecule has 1 aliphatic carbocycles. The maximum Gasteiger partial charge on any atom is 0.143 e. The van der Waals surface area contributed by atoms with Gasteiger partial charge in [-0.25, -0.2) is 4.98 Å². The van der Waals surface area contributed by atoms with Gasteiger partial charge < -0.3 is 9.47 Å². The molecule has 0 spiro atoms. The molecule has 40 heavy (non-hydrogen) atoms. The number of hydrogen-bond donors (Lipinski definition) is 0. The van der Waals surface area contributed by atoms with E-state index in [1.807, 2.05) is 22.9 Å². The molecule has 0 amide bonds. The van der Waals surface area contributed by atoms with E-state index in [1.165, 1.54) is 6.33 Å². The molecular weight excluding hydrogens is 498 g/mol. The summed E-state index contributed by atoms with van der Waals surface area (Å²) < 4.78 is 15.1. The quantitative estimate of drug-likeness (QED) is 0.210. The van der Waals surface area contributed by atoms with Crippen LogP contribution in [0.5, 0.6) is 0 Å². The van der Waals surface area contributed by atoms with E-state index in [0.717, 1.165) is 36.0 Å². The number of ketones is 1. The number of benzene rings is 3. The van der Waals surface area contributed by atoms with E-state index in [-0.39, 0.29) is 29.1 Å². The number of Topliss-reactive ketones (excluding diaryl/α,β-unsaturated/α-hetero) is 1. The fraction of sp³-hybridized carbons (Fsp3) is 0.382. The van der Waals surface area contributed by atoms with Crippen LogP contribution in [0.3, 0.4) is 0 Å². The molecule has 0 unspecified atom stereocenters. The number of methoxy groups -OCH3 is 1. The van der Waals surface area contributed by atoms with Crippen molar-refractivity contribution in [2.75, 3.05) is 13.7 Å². The average Bonchev–Trinajstić information content (AvgIpc) is 3.50. The molecule has 0 aliphatic heterocycles. The summed E-state index contributed by atoms with van der Waals surface area (Å²) in [5.74, 6) is 0.145. The lowest BCUT2D eigenvalue weighted by atomic mass is 9.61. The predicted molar refractivity (Wildman–Crippen MR) is 156 cm³/mol. The lowest BCUT2D eigenvalue weighted by molar-refractivity contribution is -0.141. The van der Waals surface area contributed by atoms with E-state index in [2.05, 4.69) is 89.8 Å². The second-order valence-corrected chi connectivity index (χ2v) is 11.2. The molecule has 0 bridgehead atoms. The van der Waals surface area contributed by atoms with E-state index >= 15 is 0 Å². The molecule has 0 radical (unpaired) electrons. The molecule has 1 aromatic heterocycles. The van der Waals surface area contributed by atoms with Gasteiger partial charge in [0.1, 0.15) is 24.0 Å². The van der Waals surface area contributed by atoms with Crippen molar-refractivity contribution in [1.29, 1.82) is 0 Å². The molecule has 6 nitrogen and oxygen atoms in total. The fourth-order valence-electron chi connectivity index (χ4n) is 6.77. The van der Waals surface area contributed by atoms with Crippen molar-refractivity contribution in [3.63, 3.8) is 0 Å². The standard InChI is InChI=1S/C34H39N3O3/c1-26(38)30-19-20-33(2,32(39-3)31(30)23-37-25-35-24-36-37)21-22-40-34(27-13-7-4-8-14-27,28-15-9-5-10-16-28)29-17-11-6-12-18-29/h4-18,24-25,30-32H,19-23H2,1-3H3/t30-,31-,32+,33-/m0/s1. The summed E-state index contributed by atoms with van der Waals surface area (Å²) in [6.07, 6.45) is 5.64. The Balaban J connectivity index is 1.47. The Morgan fingerprint density at radius 2 is 1.50 bits per heavy atom. The van der Waals surface area contributed by atoms with E-state index in [1.54, 1.807) is 20.4 Å². The Kier molecular flexibility index (Phi) is 8.57. The molecule has 0 N–H and O–H groups in total. The minimum atomic E-state index is -0.764. The van der Waals surface area contributed by atoms with Gasteiger partial charge in [0, 0.05) is 32.1 Å². The van der Waals surface area contributed by atoms with Gasteiger partial charge in [0.25, 0.3) is 0 Å². The number of nitrogens with zero attached hydrogens (tertiary/aromatic N) is 3. The summed E-state index contributed by atoms with van der Waals surface area (Å²) in [5.41, 5.74) is 2.32. The van der Waals surface area contributed by atoms with E-state index in [9.17, 15) is 4.79 Å². The van der Waals surface area contributed by atoms with Crippen LogP contribution in [0.15, 0.2) is 104 Å². The maximum atomic E-state index is 12.7. The third kappa shape index (κ3) is 5.51. The van der Waals surface area contributed by atoms with Crippen molar-refractivity contribution in [1.82, 2.24) is 14.8 Å². The van der Waals surface area contributed by atoms with Gasteiger partial charge in [-0.3, -0.25) is 9.48 Å². The summed E-state index contributed by atoms with van der Waals surface area (Å²) >= 11 is 0. The SMILES string of the molecule is CO[C@@H]1[C@@H](Cn2cncn2)[C@H](C(C)=O)CC[C@@]1(C)CCOC(c1ccccc1)(c1ccccc1)c1ccccc1. The number of carbonyl (C=O) groups excluding carboxylic acids is 1. The molecule has 1 aliphatic rings. The van der Waals surface area contributed by atoms with Crippen molar-refractivity contribution in [3.05, 3.63) is 120 Å². The smallest absolute Gasteiger partial charge is 0.143 e. The van der Waals surface area contributed by atoms with Crippen LogP contribution in [-0.2, 0) is 26.4 Å². The van der Waals surface area contributed by atoms with Crippen LogP contribution >= 0.6 is 0 Å². The normalized spacial score (nSPS) is 23.1.